The summed E-state index contributed by atoms with van der Waals surface area (Å²) >= 11 is 0.809. The lowest BCUT2D eigenvalue weighted by Gasteiger charge is -2.11. The highest BCUT2D eigenvalue weighted by atomic mass is 32.1. The zero-order valence-corrected chi connectivity index (χ0v) is 29.6. The van der Waals surface area contributed by atoms with Crippen LogP contribution in [0, 0.1) is 0 Å². The molecular weight excluding hydrogens is 717 g/mol. The van der Waals surface area contributed by atoms with Gasteiger partial charge >= 0.3 is 0 Å². The molecule has 0 unspecified atom stereocenters. The van der Waals surface area contributed by atoms with Gasteiger partial charge in [0.15, 0.2) is 17.5 Å². The van der Waals surface area contributed by atoms with Crippen LogP contribution < -0.4 is 0 Å². The van der Waals surface area contributed by atoms with Gasteiger partial charge in [0, 0.05) is 58.7 Å². The topological polar surface area (TPSA) is 56.7 Å². The fraction of sp³-hybridized carbons (Fsp3) is 0. The van der Waals surface area contributed by atoms with Crippen molar-refractivity contribution in [2.75, 3.05) is 0 Å². The Hall–Kier alpha value is -7.41. The standard InChI is InChI=1S/C51H30N4OS/c1-2-11-31(12-3-1)33-13-10-14-34(29-33)50-52-49(53-51(54-50)35-23-26-39-38-16-6-9-20-45(38)57-46(39)30-35)32-21-24-36(25-22-32)55-42-18-7-4-17-41(42)47-43(55)28-27-40-37-15-5-8-19-44(37)56-48(40)47/h1-30H/i4D,5D,6D,7D,8D,9D,15D,16D,17D,18D,19D,20D,21D,22D,23D,24D,25D,26D,27D,28D,30D. The quantitative estimate of drug-likeness (QED) is 0.175. The van der Waals surface area contributed by atoms with Crippen LogP contribution in [0.3, 0.4) is 0 Å². The lowest BCUT2D eigenvalue weighted by atomic mass is 10.0. The van der Waals surface area contributed by atoms with Gasteiger partial charge in [-0.1, -0.05) is 115 Å². The second kappa shape index (κ2) is 12.6. The molecular formula is C51H30N4OS. The summed E-state index contributed by atoms with van der Waals surface area (Å²) < 4.78 is 196. The zero-order chi connectivity index (χ0) is 55.7. The van der Waals surface area contributed by atoms with Gasteiger partial charge in [0.2, 0.25) is 0 Å². The molecule has 0 saturated heterocycles. The fourth-order valence-electron chi connectivity index (χ4n) is 6.93. The number of furan rings is 1. The summed E-state index contributed by atoms with van der Waals surface area (Å²) in [6.07, 6.45) is 0. The molecule has 6 heteroatoms. The van der Waals surface area contributed by atoms with Crippen LogP contribution in [-0.4, -0.2) is 19.5 Å². The molecule has 4 aromatic heterocycles. The highest BCUT2D eigenvalue weighted by Gasteiger charge is 2.19. The van der Waals surface area contributed by atoms with E-state index in [0.29, 0.717) is 11.1 Å². The monoisotopic (exact) mass is 767 g/mol. The minimum atomic E-state index is -0.871. The highest BCUT2D eigenvalue weighted by molar-refractivity contribution is 7.25. The molecule has 0 N–H and O–H groups in total. The molecule has 8 aromatic carbocycles. The third kappa shape index (κ3) is 5.12. The van der Waals surface area contributed by atoms with Crippen LogP contribution in [0.1, 0.15) is 28.8 Å². The first-order valence-corrected chi connectivity index (χ1v) is 18.1. The Balaban J connectivity index is 1.17. The van der Waals surface area contributed by atoms with Crippen molar-refractivity contribution in [1.82, 2.24) is 19.5 Å². The average molecular weight is 768 g/mol. The van der Waals surface area contributed by atoms with Crippen molar-refractivity contribution in [3.63, 3.8) is 0 Å². The van der Waals surface area contributed by atoms with Crippen LogP contribution in [0.5, 0.6) is 0 Å². The minimum absolute atomic E-state index is 0.00686. The number of nitrogens with zero attached hydrogens (tertiary/aromatic N) is 4. The first-order valence-electron chi connectivity index (χ1n) is 27.8. The molecule has 0 aliphatic carbocycles. The number of thiophene rings is 1. The smallest absolute Gasteiger partial charge is 0.164 e. The maximum Gasteiger partial charge on any atom is 0.164 e. The number of aromatic nitrogens is 4. The second-order valence-corrected chi connectivity index (χ2v) is 13.8. The van der Waals surface area contributed by atoms with Gasteiger partial charge in [-0.25, -0.2) is 15.0 Å². The van der Waals surface area contributed by atoms with Crippen molar-refractivity contribution in [3.05, 3.63) is 181 Å². The molecule has 0 spiro atoms. The second-order valence-electron chi connectivity index (χ2n) is 12.8. The van der Waals surface area contributed by atoms with Gasteiger partial charge in [-0.15, -0.1) is 11.3 Å². The summed E-state index contributed by atoms with van der Waals surface area (Å²) in [5.74, 6) is -1.10. The van der Waals surface area contributed by atoms with Gasteiger partial charge in [0.25, 0.3) is 0 Å². The van der Waals surface area contributed by atoms with Crippen molar-refractivity contribution in [1.29, 1.82) is 0 Å². The SMILES string of the molecule is [2H]c1c([2H])c(-n2c3c([2H])c([2H])c([2H])c([2H])c3c3c4oc5c([2H])c([2H])c([2H])c([2H])c5c4c([2H])c([2H])c32)c([2H])c([2H])c1-c1nc(-c2cccc(-c3ccccc3)c2)nc(-c2c([2H])c([2H])c3c(sc4c([2H])c([2H])c([2H])c([2H])c43)c2[2H])n1. The Morgan fingerprint density at radius 1 is 0.474 bits per heavy atom. The molecule has 4 heterocycles. The molecule has 0 atom stereocenters. The number of para-hydroxylation sites is 2. The maximum atomic E-state index is 9.67. The van der Waals surface area contributed by atoms with E-state index in [2.05, 4.69) is 9.97 Å². The van der Waals surface area contributed by atoms with E-state index in [1.807, 2.05) is 36.4 Å². The van der Waals surface area contributed by atoms with E-state index in [-0.39, 0.29) is 58.7 Å². The molecule has 0 saturated carbocycles. The average Bonchev–Trinajstić information content (AvgIpc) is 3.76. The Kier molecular flexibility index (Phi) is 3.88. The summed E-state index contributed by atoms with van der Waals surface area (Å²) in [4.78, 5) is 14.0. The maximum absolute atomic E-state index is 9.67. The number of rotatable bonds is 5. The van der Waals surface area contributed by atoms with E-state index in [1.165, 1.54) is 0 Å². The van der Waals surface area contributed by atoms with E-state index >= 15 is 0 Å². The molecule has 5 nitrogen and oxygen atoms in total. The third-order valence-corrected chi connectivity index (χ3v) is 10.5. The molecule has 0 radical (unpaired) electrons. The van der Waals surface area contributed by atoms with Gasteiger partial charge in [-0.05, 0) is 77.6 Å². The van der Waals surface area contributed by atoms with Crippen LogP contribution in [0.15, 0.2) is 186 Å². The van der Waals surface area contributed by atoms with E-state index in [9.17, 15) is 13.7 Å². The summed E-state index contributed by atoms with van der Waals surface area (Å²) in [6.45, 7) is 0. The highest BCUT2D eigenvalue weighted by Crippen LogP contribution is 2.41. The van der Waals surface area contributed by atoms with E-state index in [1.54, 1.807) is 18.2 Å². The van der Waals surface area contributed by atoms with E-state index < -0.39 is 166 Å². The minimum Gasteiger partial charge on any atom is -0.455 e. The van der Waals surface area contributed by atoms with Gasteiger partial charge in [0.05, 0.1) is 45.2 Å². The lowest BCUT2D eigenvalue weighted by molar-refractivity contribution is 0.673. The molecule has 0 aliphatic heterocycles. The van der Waals surface area contributed by atoms with Crippen LogP contribution in [-0.2, 0) is 0 Å². The number of benzene rings is 8. The fourth-order valence-corrected chi connectivity index (χ4v) is 7.90. The Morgan fingerprint density at radius 3 is 1.98 bits per heavy atom. The molecule has 0 fully saturated rings. The zero-order valence-electron chi connectivity index (χ0n) is 49.8. The molecule has 12 aromatic rings. The predicted octanol–water partition coefficient (Wildman–Crippen LogP) is 13.9. The van der Waals surface area contributed by atoms with E-state index in [0.717, 1.165) is 21.5 Å². The first kappa shape index (κ1) is 17.6. The van der Waals surface area contributed by atoms with Crippen molar-refractivity contribution < 1.29 is 33.2 Å². The molecule has 266 valence electrons. The molecule has 0 bridgehead atoms. The van der Waals surface area contributed by atoms with Crippen molar-refractivity contribution in [2.45, 2.75) is 0 Å². The third-order valence-electron chi connectivity index (χ3n) is 9.50. The number of fused-ring (bicyclic) bond motifs is 10. The van der Waals surface area contributed by atoms with Crippen molar-refractivity contribution in [3.8, 4) is 51.0 Å². The van der Waals surface area contributed by atoms with Crippen molar-refractivity contribution >= 4 is 75.3 Å². The summed E-state index contributed by atoms with van der Waals surface area (Å²) in [5.41, 5.74) is -1.46. The van der Waals surface area contributed by atoms with Gasteiger partial charge in [-0.2, -0.15) is 0 Å². The number of hydrogen-bond donors (Lipinski definition) is 0. The largest absolute Gasteiger partial charge is 0.455 e. The van der Waals surface area contributed by atoms with Crippen molar-refractivity contribution in [2.24, 2.45) is 0 Å². The Morgan fingerprint density at radius 2 is 1.12 bits per heavy atom. The molecule has 12 rings (SSSR count). The van der Waals surface area contributed by atoms with Gasteiger partial charge in [0.1, 0.15) is 11.2 Å². The molecule has 0 amide bonds. The van der Waals surface area contributed by atoms with Crippen LogP contribution in [0.2, 0.25) is 0 Å². The first-order chi connectivity index (χ1) is 37.0. The van der Waals surface area contributed by atoms with E-state index in [4.69, 9.17) is 24.5 Å². The molecule has 57 heavy (non-hydrogen) atoms. The normalized spacial score (nSPS) is 17.0. The predicted molar refractivity (Wildman–Crippen MR) is 236 cm³/mol. The Bertz CT molecular complexity index is 4740. The van der Waals surface area contributed by atoms with Crippen LogP contribution >= 0.6 is 11.3 Å². The van der Waals surface area contributed by atoms with Crippen LogP contribution in [0.25, 0.3) is 115 Å². The number of hydrogen-bond acceptors (Lipinski definition) is 5. The summed E-state index contributed by atoms with van der Waals surface area (Å²) in [5, 5.41) is -1.32. The van der Waals surface area contributed by atoms with Gasteiger partial charge < -0.3 is 8.98 Å². The molecule has 0 aliphatic rings. The summed E-state index contributed by atoms with van der Waals surface area (Å²) in [6, 6.07) is 2.13. The lowest BCUT2D eigenvalue weighted by Crippen LogP contribution is -2.01. The van der Waals surface area contributed by atoms with Gasteiger partial charge in [-0.3, -0.25) is 0 Å². The summed E-state index contributed by atoms with van der Waals surface area (Å²) in [7, 11) is 0. The van der Waals surface area contributed by atoms with Crippen LogP contribution in [0.4, 0.5) is 0 Å². The Labute approximate surface area is 360 Å².